The summed E-state index contributed by atoms with van der Waals surface area (Å²) in [5.41, 5.74) is 5.69. The van der Waals surface area contributed by atoms with Gasteiger partial charge in [0.15, 0.2) is 17.2 Å². The molecule has 4 aromatic heterocycles. The number of rotatable bonds is 12. The molecule has 1 aliphatic carbocycles. The van der Waals surface area contributed by atoms with Crippen LogP contribution in [0.5, 0.6) is 11.6 Å². The zero-order valence-electron chi connectivity index (χ0n) is 30.8. The molecular weight excluding hydrogens is 727 g/mol. The van der Waals surface area contributed by atoms with Gasteiger partial charge in [0.1, 0.15) is 0 Å². The van der Waals surface area contributed by atoms with Crippen LogP contribution >= 0.6 is 23.2 Å². The molecule has 0 unspecified atom stereocenters. The van der Waals surface area contributed by atoms with Crippen molar-refractivity contribution in [2.45, 2.75) is 83.6 Å². The average Bonchev–Trinajstić information content (AvgIpc) is 3.61. The number of pyridine rings is 3. The van der Waals surface area contributed by atoms with Crippen LogP contribution in [0.15, 0.2) is 54.9 Å². The van der Waals surface area contributed by atoms with Crippen molar-refractivity contribution in [1.82, 2.24) is 40.1 Å². The lowest BCUT2D eigenvalue weighted by Gasteiger charge is -2.31. The van der Waals surface area contributed by atoms with Crippen LogP contribution in [0.4, 0.5) is 0 Å². The number of benzene rings is 1. The number of carbonyl (C=O) groups excluding carboxylic acids is 1. The fraction of sp³-hybridized carbons (Fsp3) is 0.425. The van der Waals surface area contributed by atoms with Gasteiger partial charge in [0.25, 0.3) is 0 Å². The maximum atomic E-state index is 11.7. The highest BCUT2D eigenvalue weighted by Crippen LogP contribution is 2.42. The summed E-state index contributed by atoms with van der Waals surface area (Å²) in [5, 5.41) is 22.7. The molecule has 1 aromatic carbocycles. The fourth-order valence-electron chi connectivity index (χ4n) is 7.36. The van der Waals surface area contributed by atoms with E-state index in [0.717, 1.165) is 79.4 Å². The minimum Gasteiger partial charge on any atom is -0.490 e. The highest BCUT2D eigenvalue weighted by atomic mass is 35.5. The van der Waals surface area contributed by atoms with Gasteiger partial charge in [-0.25, -0.2) is 14.5 Å². The van der Waals surface area contributed by atoms with Crippen LogP contribution in [-0.4, -0.2) is 85.5 Å². The lowest BCUT2D eigenvalue weighted by atomic mass is 9.93. The Kier molecular flexibility index (Phi) is 11.9. The third kappa shape index (κ3) is 8.33. The molecule has 14 heteroatoms. The van der Waals surface area contributed by atoms with Crippen LogP contribution < -0.4 is 20.1 Å². The number of aliphatic hydroxyl groups is 1. The second-order valence-electron chi connectivity index (χ2n) is 13.9. The quantitative estimate of drug-likeness (QED) is 0.125. The molecule has 0 atom stereocenters. The Labute approximate surface area is 325 Å². The van der Waals surface area contributed by atoms with Crippen molar-refractivity contribution in [1.29, 1.82) is 0 Å². The molecule has 0 bridgehead atoms. The highest BCUT2D eigenvalue weighted by Gasteiger charge is 2.23. The number of methoxy groups -OCH3 is 1. The molecule has 2 fully saturated rings. The van der Waals surface area contributed by atoms with Crippen LogP contribution in [0.2, 0.25) is 10.0 Å². The van der Waals surface area contributed by atoms with Crippen molar-refractivity contribution >= 4 is 34.8 Å². The van der Waals surface area contributed by atoms with E-state index in [9.17, 15) is 9.90 Å². The van der Waals surface area contributed by atoms with Gasteiger partial charge in [-0.1, -0.05) is 47.5 Å². The summed E-state index contributed by atoms with van der Waals surface area (Å²) < 4.78 is 13.5. The molecule has 0 spiro atoms. The summed E-state index contributed by atoms with van der Waals surface area (Å²) in [4.78, 5) is 27.9. The van der Waals surface area contributed by atoms with Gasteiger partial charge in [-0.2, -0.15) is 0 Å². The summed E-state index contributed by atoms with van der Waals surface area (Å²) in [6.07, 6.45) is 8.65. The molecule has 1 amide bonds. The number of hydrogen-bond donors (Lipinski definition) is 3. The summed E-state index contributed by atoms with van der Waals surface area (Å²) in [5.74, 6) is 1.88. The second-order valence-corrected chi connectivity index (χ2v) is 14.7. The minimum atomic E-state index is -0.204. The second kappa shape index (κ2) is 17.0. The summed E-state index contributed by atoms with van der Waals surface area (Å²) >= 11 is 14.3. The Morgan fingerprint density at radius 1 is 0.926 bits per heavy atom. The Hall–Kier alpha value is -4.33. The van der Waals surface area contributed by atoms with Crippen LogP contribution in [0.25, 0.3) is 39.3 Å². The average molecular weight is 774 g/mol. The lowest BCUT2D eigenvalue weighted by molar-refractivity contribution is -0.129. The first-order valence-electron chi connectivity index (χ1n) is 18.6. The number of aliphatic hydroxyl groups excluding tert-OH is 1. The number of likely N-dealkylation sites (tertiary alicyclic amines) is 1. The number of halogens is 2. The summed E-state index contributed by atoms with van der Waals surface area (Å²) in [6.45, 7) is 6.63. The van der Waals surface area contributed by atoms with Gasteiger partial charge in [0, 0.05) is 78.9 Å². The molecule has 5 aromatic rings. The van der Waals surface area contributed by atoms with E-state index in [0.29, 0.717) is 76.3 Å². The van der Waals surface area contributed by atoms with Gasteiger partial charge in [-0.3, -0.25) is 9.78 Å². The zero-order valence-corrected chi connectivity index (χ0v) is 32.3. The number of hydrogen-bond acceptors (Lipinski definition) is 10. The first-order chi connectivity index (χ1) is 26.2. The van der Waals surface area contributed by atoms with Crippen molar-refractivity contribution in [2.75, 3.05) is 26.8 Å². The smallest absolute Gasteiger partial charge is 0.219 e. The third-order valence-corrected chi connectivity index (χ3v) is 11.2. The number of nitrogens with zero attached hydrogens (tertiary/aromatic N) is 6. The number of nitrogens with one attached hydrogen (secondary N) is 2. The van der Waals surface area contributed by atoms with E-state index in [1.807, 2.05) is 60.5 Å². The van der Waals surface area contributed by atoms with E-state index in [2.05, 4.69) is 15.6 Å². The Bertz CT molecular complexity index is 2110. The Morgan fingerprint density at radius 3 is 2.39 bits per heavy atom. The first kappa shape index (κ1) is 38.0. The number of aromatic nitrogens is 5. The van der Waals surface area contributed by atoms with Crippen LogP contribution in [0.3, 0.4) is 0 Å². The third-order valence-electron chi connectivity index (χ3n) is 10.4. The standard InChI is InChI=1S/C40H46Cl2N8O4/c1-4-54-34-20-26(23-50-39(34)47-35(48-50)22-45-27-9-11-29(52)12-10-27)38-37(42)31(14-17-43-38)30-6-5-7-32(36(30)41)33-13-8-25(40(46-33)53-3)21-44-28-15-18-49(19-16-28)24(2)51/h5-8,13-14,17,20,23,27-29,44-45,52H,4,9-12,15-16,18-19,21-22H2,1-3H3/t27-,29+. The number of amides is 1. The Balaban J connectivity index is 1.13. The van der Waals surface area contributed by atoms with Gasteiger partial charge in [0.05, 0.1) is 47.8 Å². The predicted molar refractivity (Wildman–Crippen MR) is 210 cm³/mol. The monoisotopic (exact) mass is 772 g/mol. The normalized spacial score (nSPS) is 17.9. The van der Waals surface area contributed by atoms with Crippen LogP contribution in [0, 0.1) is 0 Å². The zero-order chi connectivity index (χ0) is 37.8. The van der Waals surface area contributed by atoms with E-state index in [4.69, 9.17) is 47.7 Å². The van der Waals surface area contributed by atoms with E-state index < -0.39 is 0 Å². The molecule has 1 aliphatic heterocycles. The number of fused-ring (bicyclic) bond motifs is 1. The molecule has 284 valence electrons. The highest BCUT2D eigenvalue weighted by molar-refractivity contribution is 6.39. The maximum absolute atomic E-state index is 11.7. The number of piperidine rings is 1. The van der Waals surface area contributed by atoms with E-state index in [1.165, 1.54) is 0 Å². The van der Waals surface area contributed by atoms with Gasteiger partial charge >= 0.3 is 0 Å². The number of carbonyl (C=O) groups is 1. The van der Waals surface area contributed by atoms with Crippen molar-refractivity contribution in [3.05, 3.63) is 76.3 Å². The van der Waals surface area contributed by atoms with Gasteiger partial charge < -0.3 is 30.1 Å². The summed E-state index contributed by atoms with van der Waals surface area (Å²) in [6, 6.07) is 14.2. The molecule has 2 aliphatic rings. The predicted octanol–water partition coefficient (Wildman–Crippen LogP) is 6.73. The van der Waals surface area contributed by atoms with Crippen molar-refractivity contribution in [3.63, 3.8) is 0 Å². The molecule has 3 N–H and O–H groups in total. The largest absolute Gasteiger partial charge is 0.490 e. The molecule has 54 heavy (non-hydrogen) atoms. The molecule has 7 rings (SSSR count). The lowest BCUT2D eigenvalue weighted by Crippen LogP contribution is -2.44. The topological polar surface area (TPSA) is 139 Å². The molecular formula is C40H46Cl2N8O4. The van der Waals surface area contributed by atoms with Crippen molar-refractivity contribution in [2.24, 2.45) is 0 Å². The van der Waals surface area contributed by atoms with Gasteiger partial charge in [-0.05, 0) is 63.6 Å². The first-order valence-corrected chi connectivity index (χ1v) is 19.4. The van der Waals surface area contributed by atoms with Crippen molar-refractivity contribution in [3.8, 4) is 45.3 Å². The molecule has 5 heterocycles. The fourth-order valence-corrected chi connectivity index (χ4v) is 8.00. The van der Waals surface area contributed by atoms with Gasteiger partial charge in [-0.15, -0.1) is 5.10 Å². The maximum Gasteiger partial charge on any atom is 0.219 e. The van der Waals surface area contributed by atoms with Crippen LogP contribution in [-0.2, 0) is 17.9 Å². The van der Waals surface area contributed by atoms with Gasteiger partial charge in [0.2, 0.25) is 11.8 Å². The molecule has 12 nitrogen and oxygen atoms in total. The number of ether oxygens (including phenoxy) is 2. The van der Waals surface area contributed by atoms with E-state index in [-0.39, 0.29) is 12.0 Å². The SMILES string of the molecule is CCOc1cc(-c2nccc(-c3cccc(-c4ccc(CNC5CCN(C(C)=O)CC5)c(OC)n4)c3Cl)c2Cl)cn2nc(CN[C@H]3CC[C@@H](O)CC3)nc12. The summed E-state index contributed by atoms with van der Waals surface area (Å²) in [7, 11) is 1.62. The minimum absolute atomic E-state index is 0.126. The Morgan fingerprint density at radius 2 is 1.65 bits per heavy atom. The van der Waals surface area contributed by atoms with E-state index >= 15 is 0 Å². The van der Waals surface area contributed by atoms with Crippen LogP contribution in [0.1, 0.15) is 63.8 Å². The van der Waals surface area contributed by atoms with E-state index in [1.54, 1.807) is 24.7 Å². The molecule has 0 radical (unpaired) electrons. The van der Waals surface area contributed by atoms with Crippen molar-refractivity contribution < 1.29 is 19.4 Å². The molecule has 1 saturated heterocycles. The molecule has 1 saturated carbocycles.